The molecule has 0 aromatic heterocycles. The molecule has 1 atom stereocenters. The first kappa shape index (κ1) is 34.1. The molecule has 0 aliphatic carbocycles. The largest absolute Gasteiger partial charge is 1.00 e. The van der Waals surface area contributed by atoms with Gasteiger partial charge in [0.25, 0.3) is 0 Å². The average molecular weight is 644 g/mol. The molecule has 0 heterocycles. The Balaban J connectivity index is 0. The fourth-order valence-electron chi connectivity index (χ4n) is 1.56. The minimum absolute atomic E-state index is 0. The quantitative estimate of drug-likeness (QED) is 0.286. The van der Waals surface area contributed by atoms with Gasteiger partial charge in [-0.3, -0.25) is 4.21 Å². The van der Waals surface area contributed by atoms with Gasteiger partial charge in [0, 0.05) is 12.2 Å². The molecule has 0 aromatic carbocycles. The minimum atomic E-state index is -8.69. The topological polar surface area (TPSA) is 40.1 Å². The second-order valence-electron chi connectivity index (χ2n) is 5.41. The van der Waals surface area contributed by atoms with E-state index in [0.29, 0.717) is 0 Å². The van der Waals surface area contributed by atoms with E-state index >= 15 is 0 Å². The molecule has 0 aliphatic heterocycles. The molecule has 0 aliphatic rings. The number of alkyl halides is 17. The van der Waals surface area contributed by atoms with Gasteiger partial charge < -0.3 is 4.55 Å². The molecular weight excluding hydrogens is 640 g/mol. The Kier molecular flexibility index (Phi) is 10.5. The molecule has 0 saturated carbocycles. The fraction of sp³-hybridized carbons (Fsp3) is 1.00. The molecule has 0 rings (SSSR count). The van der Waals surface area contributed by atoms with Crippen LogP contribution >= 0.6 is 0 Å². The van der Waals surface area contributed by atoms with Crippen molar-refractivity contribution in [2.45, 2.75) is 54.1 Å². The van der Waals surface area contributed by atoms with Gasteiger partial charge in [0.2, 0.25) is 0 Å². The van der Waals surface area contributed by atoms with Gasteiger partial charge in [-0.15, -0.1) is 0 Å². The summed E-state index contributed by atoms with van der Waals surface area (Å²) in [5.41, 5.74) is 0. The van der Waals surface area contributed by atoms with E-state index in [9.17, 15) is 83.4 Å². The summed E-state index contributed by atoms with van der Waals surface area (Å²) in [6, 6.07) is 0. The maximum absolute atomic E-state index is 13.2. The van der Waals surface area contributed by atoms with Crippen LogP contribution in [0.15, 0.2) is 0 Å². The van der Waals surface area contributed by atoms with Crippen LogP contribution in [0.25, 0.3) is 0 Å². The van der Waals surface area contributed by atoms with Crippen LogP contribution in [0, 0.1) is 0 Å². The van der Waals surface area contributed by atoms with Crippen molar-refractivity contribution in [3.05, 3.63) is 0 Å². The Morgan fingerprint density at radius 1 is 0.516 bits per heavy atom. The number of hydrogen-bond acceptors (Lipinski definition) is 2. The summed E-state index contributed by atoms with van der Waals surface area (Å²) in [6.07, 6.45) is -10.8. The first-order valence-corrected chi connectivity index (χ1v) is 7.68. The zero-order chi connectivity index (χ0) is 25.0. The van der Waals surface area contributed by atoms with Crippen molar-refractivity contribution < 1.29 is 152 Å². The summed E-state index contributed by atoms with van der Waals surface area (Å²) in [4.78, 5) is 0. The molecule has 2 nitrogen and oxygen atoms in total. The van der Waals surface area contributed by atoms with Crippen molar-refractivity contribution in [3.8, 4) is 0 Å². The van der Waals surface area contributed by atoms with Gasteiger partial charge in [-0.2, -0.15) is 74.6 Å². The van der Waals surface area contributed by atoms with Gasteiger partial charge >= 0.3 is 117 Å². The summed E-state index contributed by atoms with van der Waals surface area (Å²) in [5.74, 6) is -59.2. The summed E-state index contributed by atoms with van der Waals surface area (Å²) in [5, 5.41) is 0. The van der Waals surface area contributed by atoms with Crippen molar-refractivity contribution in [1.29, 1.82) is 0 Å². The number of hydrogen-bond donors (Lipinski definition) is 0. The van der Waals surface area contributed by atoms with Crippen molar-refractivity contribution in [1.82, 2.24) is 0 Å². The van der Waals surface area contributed by atoms with Crippen LogP contribution in [-0.2, 0) is 11.1 Å². The molecule has 0 aromatic rings. The number of rotatable bonds is 9. The van der Waals surface area contributed by atoms with Crippen LogP contribution in [-0.4, -0.2) is 62.1 Å². The Morgan fingerprint density at radius 3 is 1.03 bits per heavy atom. The first-order valence-electron chi connectivity index (χ1n) is 6.44. The summed E-state index contributed by atoms with van der Waals surface area (Å²) in [6.45, 7) is 0. The maximum atomic E-state index is 13.2. The smallest absolute Gasteiger partial charge is 0.772 e. The molecule has 0 fully saturated rings. The summed E-state index contributed by atoms with van der Waals surface area (Å²) >= 11 is -3.74. The Morgan fingerprint density at radius 2 is 0.774 bits per heavy atom. The molecule has 0 radical (unpaired) electrons. The van der Waals surface area contributed by atoms with Crippen LogP contribution < -0.4 is 68.9 Å². The third-order valence-electron chi connectivity index (χ3n) is 3.37. The molecule has 0 saturated heterocycles. The number of halogens is 17. The predicted octanol–water partition coefficient (Wildman–Crippen LogP) is 2.27. The van der Waals surface area contributed by atoms with Crippen LogP contribution in [0.1, 0.15) is 6.42 Å². The van der Waals surface area contributed by atoms with Crippen molar-refractivity contribution in [2.24, 2.45) is 0 Å². The van der Waals surface area contributed by atoms with Gasteiger partial charge in [-0.25, -0.2) is 0 Å². The van der Waals surface area contributed by atoms with E-state index in [-0.39, 0.29) is 68.9 Å². The molecule has 0 bridgehead atoms. The van der Waals surface area contributed by atoms with Crippen LogP contribution in [0.2, 0.25) is 0 Å². The molecule has 0 amide bonds. The molecule has 31 heavy (non-hydrogen) atoms. The van der Waals surface area contributed by atoms with Gasteiger partial charge in [-0.05, 0) is 0 Å². The van der Waals surface area contributed by atoms with Crippen molar-refractivity contribution in [3.63, 3.8) is 0 Å². The van der Waals surface area contributed by atoms with E-state index in [4.69, 9.17) is 0 Å². The normalized spacial score (nSPS) is 16.7. The molecule has 0 spiro atoms. The molecular formula is C10H4CsF17O2S. The third-order valence-corrected chi connectivity index (χ3v) is 3.91. The minimum Gasteiger partial charge on any atom is -0.772 e. The van der Waals surface area contributed by atoms with Crippen LogP contribution in [0.5, 0.6) is 0 Å². The molecule has 0 N–H and O–H groups in total. The Hall–Kier alpha value is 0.972. The van der Waals surface area contributed by atoms with E-state index in [1.165, 1.54) is 0 Å². The predicted molar refractivity (Wildman–Crippen MR) is 59.1 cm³/mol. The average Bonchev–Trinajstić information content (AvgIpc) is 2.50. The van der Waals surface area contributed by atoms with Gasteiger partial charge in [0.15, 0.2) is 0 Å². The van der Waals surface area contributed by atoms with Gasteiger partial charge in [0.1, 0.15) is 0 Å². The Bertz CT molecular complexity index is 658. The van der Waals surface area contributed by atoms with Crippen molar-refractivity contribution >= 4 is 11.1 Å². The van der Waals surface area contributed by atoms with E-state index < -0.39 is 70.9 Å². The first-order chi connectivity index (χ1) is 12.7. The molecule has 182 valence electrons. The maximum Gasteiger partial charge on any atom is 1.00 e. The van der Waals surface area contributed by atoms with E-state index in [0.717, 1.165) is 0 Å². The second-order valence-corrected chi connectivity index (χ2v) is 6.42. The van der Waals surface area contributed by atoms with Crippen LogP contribution in [0.3, 0.4) is 0 Å². The fourth-order valence-corrected chi connectivity index (χ4v) is 1.99. The molecule has 1 unspecified atom stereocenters. The molecule has 21 heteroatoms. The summed E-state index contributed by atoms with van der Waals surface area (Å²) in [7, 11) is 0. The Labute approximate surface area is 221 Å². The van der Waals surface area contributed by atoms with Crippen LogP contribution in [0.4, 0.5) is 74.6 Å². The monoisotopic (exact) mass is 644 g/mol. The van der Waals surface area contributed by atoms with Gasteiger partial charge in [0.05, 0.1) is 0 Å². The van der Waals surface area contributed by atoms with Gasteiger partial charge in [-0.1, -0.05) is 11.1 Å². The summed E-state index contributed by atoms with van der Waals surface area (Å²) < 4.78 is 238. The van der Waals surface area contributed by atoms with E-state index in [1.54, 1.807) is 0 Å². The van der Waals surface area contributed by atoms with E-state index in [2.05, 4.69) is 0 Å². The van der Waals surface area contributed by atoms with E-state index in [1.807, 2.05) is 0 Å². The third kappa shape index (κ3) is 5.31. The zero-order valence-corrected chi connectivity index (χ0v) is 21.2. The SMILES string of the molecule is O=S([O-])CCC(F)(F)C(F)(F)C(F)(F)C(F)(F)C(F)(F)C(F)(F)C(F)(F)C(F)(F)F.[Cs+]. The standard InChI is InChI=1S/C10H5F17O2S.Cs/c11-3(12,1-2-30(28)29)4(13,14)5(15,16)6(17,18)7(19,20)8(21,22)9(23,24)10(25,26)27;/h1-2H2,(H,28,29);/q;+1/p-1. The zero-order valence-electron chi connectivity index (χ0n) is 14.1. The van der Waals surface area contributed by atoms with Crippen molar-refractivity contribution in [2.75, 3.05) is 5.75 Å². The second kappa shape index (κ2) is 9.55.